The number of hydrogen-bond acceptors (Lipinski definition) is 4. The molecule has 2 aromatic carbocycles. The van der Waals surface area contributed by atoms with Crippen molar-refractivity contribution in [2.75, 3.05) is 5.32 Å². The van der Waals surface area contributed by atoms with Gasteiger partial charge in [-0.25, -0.2) is 4.98 Å². The van der Waals surface area contributed by atoms with Crippen LogP contribution in [0.2, 0.25) is 0 Å². The van der Waals surface area contributed by atoms with Crippen LogP contribution >= 0.6 is 27.3 Å². The third-order valence-corrected chi connectivity index (χ3v) is 6.75. The van der Waals surface area contributed by atoms with Crippen LogP contribution in [-0.4, -0.2) is 20.7 Å². The molecule has 1 aliphatic rings. The number of hydrogen-bond donors (Lipinski definition) is 1. The van der Waals surface area contributed by atoms with E-state index < -0.39 is 17.7 Å². The molecule has 2 aromatic heterocycles. The number of fused-ring (bicyclic) bond motifs is 2. The van der Waals surface area contributed by atoms with Gasteiger partial charge in [-0.2, -0.15) is 23.0 Å². The third kappa shape index (κ3) is 3.43. The maximum absolute atomic E-state index is 13.7. The highest BCUT2D eigenvalue weighted by Crippen LogP contribution is 2.45. The van der Waals surface area contributed by atoms with E-state index in [0.717, 1.165) is 20.8 Å². The Balaban J connectivity index is 1.69. The van der Waals surface area contributed by atoms with Crippen LogP contribution in [0.1, 0.15) is 34.7 Å². The zero-order valence-corrected chi connectivity index (χ0v) is 18.4. The smallest absolute Gasteiger partial charge is 0.310 e. The Morgan fingerprint density at radius 1 is 1.23 bits per heavy atom. The largest absolute Gasteiger partial charge is 0.416 e. The number of aryl methyl sites for hydroxylation is 1. The molecule has 0 fully saturated rings. The summed E-state index contributed by atoms with van der Waals surface area (Å²) in [5.74, 6) is -0.743. The number of anilines is 1. The van der Waals surface area contributed by atoms with Crippen molar-refractivity contribution in [1.82, 2.24) is 14.8 Å². The Kier molecular flexibility index (Phi) is 4.67. The second-order valence-corrected chi connectivity index (χ2v) is 9.18. The van der Waals surface area contributed by atoms with Crippen molar-refractivity contribution in [3.8, 4) is 5.13 Å². The topological polar surface area (TPSA) is 59.8 Å². The monoisotopic (exact) mass is 506 g/mol. The quantitative estimate of drug-likeness (QED) is 0.360. The van der Waals surface area contributed by atoms with Gasteiger partial charge in [-0.1, -0.05) is 45.5 Å². The average Bonchev–Trinajstić information content (AvgIpc) is 3.27. The number of carbonyl (C=O) groups is 1. The van der Waals surface area contributed by atoms with Crippen LogP contribution in [0.3, 0.4) is 0 Å². The number of aromatic nitrogens is 3. The number of thiazole rings is 1. The van der Waals surface area contributed by atoms with Gasteiger partial charge in [0.1, 0.15) is 5.82 Å². The molecule has 0 spiro atoms. The highest BCUT2D eigenvalue weighted by atomic mass is 79.9. The Bertz CT molecular complexity index is 1340. The lowest BCUT2D eigenvalue weighted by molar-refractivity contribution is -0.138. The minimum absolute atomic E-state index is 0.0713. The maximum atomic E-state index is 13.7. The number of nitrogens with one attached hydrogen (secondary N) is 1. The van der Waals surface area contributed by atoms with Gasteiger partial charge >= 0.3 is 6.18 Å². The van der Waals surface area contributed by atoms with Crippen molar-refractivity contribution in [2.24, 2.45) is 0 Å². The molecular formula is C21H14BrF3N4OS. The summed E-state index contributed by atoms with van der Waals surface area (Å²) >= 11 is 4.82. The van der Waals surface area contributed by atoms with Crippen LogP contribution in [0, 0.1) is 6.92 Å². The molecule has 31 heavy (non-hydrogen) atoms. The molecular weight excluding hydrogens is 493 g/mol. The lowest BCUT2D eigenvalue weighted by Gasteiger charge is -2.26. The van der Waals surface area contributed by atoms with Gasteiger partial charge in [-0.3, -0.25) is 4.79 Å². The van der Waals surface area contributed by atoms with E-state index in [9.17, 15) is 18.0 Å². The molecule has 0 bridgehead atoms. The van der Waals surface area contributed by atoms with Gasteiger partial charge in [-0.15, -0.1) is 0 Å². The molecule has 1 aliphatic heterocycles. The SMILES string of the molecule is Cc1nn(-c2nc3ccc(Br)cc3s2)c2c1C(c1ccccc1C(F)(F)F)CC(=O)N2. The first kappa shape index (κ1) is 20.2. The molecule has 5 rings (SSSR count). The number of nitrogens with zero attached hydrogens (tertiary/aromatic N) is 3. The molecule has 0 radical (unpaired) electrons. The van der Waals surface area contributed by atoms with E-state index in [1.54, 1.807) is 13.0 Å². The summed E-state index contributed by atoms with van der Waals surface area (Å²) in [6.07, 6.45) is -4.60. The molecule has 0 aliphatic carbocycles. The van der Waals surface area contributed by atoms with Gasteiger partial charge < -0.3 is 5.32 Å². The van der Waals surface area contributed by atoms with E-state index in [-0.39, 0.29) is 17.9 Å². The molecule has 1 atom stereocenters. The molecule has 0 saturated carbocycles. The molecule has 1 N–H and O–H groups in total. The van der Waals surface area contributed by atoms with E-state index in [0.29, 0.717) is 22.2 Å². The number of alkyl halides is 3. The van der Waals surface area contributed by atoms with Crippen LogP contribution < -0.4 is 5.32 Å². The molecule has 1 amide bonds. The second kappa shape index (κ2) is 7.16. The van der Waals surface area contributed by atoms with E-state index in [4.69, 9.17) is 0 Å². The van der Waals surface area contributed by atoms with E-state index in [1.165, 1.54) is 28.2 Å². The standard InChI is InChI=1S/C21H14BrF3N4OS/c1-10-18-13(12-4-2-3-5-14(12)21(23,24)25)9-17(30)27-19(18)29(28-10)20-26-15-7-6-11(22)8-16(15)31-20/h2-8,13H,9H2,1H3,(H,27,30). The number of halogens is 4. The predicted molar refractivity (Wildman–Crippen MR) is 116 cm³/mol. The van der Waals surface area contributed by atoms with Gasteiger partial charge in [0.25, 0.3) is 0 Å². The molecule has 0 saturated heterocycles. The molecule has 3 heterocycles. The lowest BCUT2D eigenvalue weighted by Crippen LogP contribution is -2.26. The summed E-state index contributed by atoms with van der Waals surface area (Å²) < 4.78 is 44.3. The Labute approximate surface area is 187 Å². The van der Waals surface area contributed by atoms with Crippen molar-refractivity contribution < 1.29 is 18.0 Å². The van der Waals surface area contributed by atoms with E-state index >= 15 is 0 Å². The maximum Gasteiger partial charge on any atom is 0.416 e. The average molecular weight is 507 g/mol. The normalized spacial score (nSPS) is 16.4. The third-order valence-electron chi connectivity index (χ3n) is 5.26. The molecule has 10 heteroatoms. The van der Waals surface area contributed by atoms with Crippen LogP contribution in [0.25, 0.3) is 15.3 Å². The first-order valence-electron chi connectivity index (χ1n) is 9.34. The lowest BCUT2D eigenvalue weighted by atomic mass is 9.83. The van der Waals surface area contributed by atoms with Crippen molar-refractivity contribution in [3.05, 3.63) is 69.3 Å². The summed E-state index contributed by atoms with van der Waals surface area (Å²) in [6.45, 7) is 1.74. The zero-order chi connectivity index (χ0) is 21.9. The van der Waals surface area contributed by atoms with E-state index in [2.05, 4.69) is 31.3 Å². The Morgan fingerprint density at radius 2 is 2.00 bits per heavy atom. The predicted octanol–water partition coefficient (Wildman–Crippen LogP) is 6.05. The minimum Gasteiger partial charge on any atom is -0.310 e. The fraction of sp³-hybridized carbons (Fsp3) is 0.190. The van der Waals surface area contributed by atoms with Crippen LogP contribution in [0.4, 0.5) is 19.0 Å². The van der Waals surface area contributed by atoms with Crippen LogP contribution in [0.5, 0.6) is 0 Å². The minimum atomic E-state index is -4.52. The van der Waals surface area contributed by atoms with Crippen LogP contribution in [0.15, 0.2) is 46.9 Å². The number of amides is 1. The van der Waals surface area contributed by atoms with Crippen molar-refractivity contribution in [1.29, 1.82) is 0 Å². The summed E-state index contributed by atoms with van der Waals surface area (Å²) in [7, 11) is 0. The van der Waals surface area contributed by atoms with Crippen molar-refractivity contribution in [3.63, 3.8) is 0 Å². The number of carbonyl (C=O) groups excluding carboxylic acids is 1. The summed E-state index contributed by atoms with van der Waals surface area (Å²) in [5, 5.41) is 7.87. The van der Waals surface area contributed by atoms with Gasteiger partial charge in [0.2, 0.25) is 11.0 Å². The summed E-state index contributed by atoms with van der Waals surface area (Å²) in [4.78, 5) is 17.1. The molecule has 158 valence electrons. The first-order chi connectivity index (χ1) is 14.7. The first-order valence-corrected chi connectivity index (χ1v) is 11.0. The molecule has 5 nitrogen and oxygen atoms in total. The van der Waals surface area contributed by atoms with Gasteiger partial charge in [-0.05, 0) is 36.8 Å². The molecule has 1 unspecified atom stereocenters. The van der Waals surface area contributed by atoms with Crippen molar-refractivity contribution >= 4 is 49.2 Å². The van der Waals surface area contributed by atoms with Crippen LogP contribution in [-0.2, 0) is 11.0 Å². The zero-order valence-electron chi connectivity index (χ0n) is 16.0. The van der Waals surface area contributed by atoms with Gasteiger partial charge in [0.05, 0.1) is 21.5 Å². The number of benzene rings is 2. The highest BCUT2D eigenvalue weighted by molar-refractivity contribution is 9.10. The molecule has 4 aromatic rings. The fourth-order valence-electron chi connectivity index (χ4n) is 3.99. The highest BCUT2D eigenvalue weighted by Gasteiger charge is 2.39. The van der Waals surface area contributed by atoms with Gasteiger partial charge in [0.15, 0.2) is 0 Å². The van der Waals surface area contributed by atoms with Crippen molar-refractivity contribution in [2.45, 2.75) is 25.4 Å². The second-order valence-electron chi connectivity index (χ2n) is 7.26. The van der Waals surface area contributed by atoms with Gasteiger partial charge in [0, 0.05) is 22.4 Å². The number of rotatable bonds is 2. The fourth-order valence-corrected chi connectivity index (χ4v) is 5.46. The Morgan fingerprint density at radius 3 is 2.77 bits per heavy atom. The Hall–Kier alpha value is -2.72. The summed E-state index contributed by atoms with van der Waals surface area (Å²) in [5.41, 5.74) is 1.24. The summed E-state index contributed by atoms with van der Waals surface area (Å²) in [6, 6.07) is 11.1. The van der Waals surface area contributed by atoms with E-state index in [1.807, 2.05) is 18.2 Å².